The third-order valence-corrected chi connectivity index (χ3v) is 3.59. The van der Waals surface area contributed by atoms with Crippen molar-refractivity contribution >= 4 is 25.2 Å². The Labute approximate surface area is 64.4 Å². The SMILES string of the molecule is C=IC(F)(F)C(C)(C)C. The van der Waals surface area contributed by atoms with Gasteiger partial charge in [0.2, 0.25) is 0 Å². The maximum absolute atomic E-state index is 12.6. The molecule has 56 valence electrons. The number of rotatable bonds is 1. The minimum Gasteiger partial charge on any atom is -0.195 e. The Kier molecular flexibility index (Phi) is 2.73. The van der Waals surface area contributed by atoms with Gasteiger partial charge in [-0.25, -0.2) is 0 Å². The zero-order valence-corrected chi connectivity index (χ0v) is 8.00. The van der Waals surface area contributed by atoms with Gasteiger partial charge >= 0.3 is 0 Å². The van der Waals surface area contributed by atoms with Gasteiger partial charge in [0.15, 0.2) is 0 Å². The van der Waals surface area contributed by atoms with Crippen LogP contribution in [-0.2, 0) is 0 Å². The lowest BCUT2D eigenvalue weighted by molar-refractivity contribution is 0.0132. The topological polar surface area (TPSA) is 0 Å². The van der Waals surface area contributed by atoms with Crippen LogP contribution < -0.4 is 0 Å². The normalized spacial score (nSPS) is 13.9. The highest BCUT2D eigenvalue weighted by Gasteiger charge is 2.40. The summed E-state index contributed by atoms with van der Waals surface area (Å²) < 4.78 is 26.1. The highest BCUT2D eigenvalue weighted by molar-refractivity contribution is 14.2. The first-order chi connectivity index (χ1) is 3.81. The monoisotopic (exact) mass is 248 g/mol. The van der Waals surface area contributed by atoms with Crippen molar-refractivity contribution < 1.29 is 8.78 Å². The van der Waals surface area contributed by atoms with E-state index < -0.39 is 30.1 Å². The van der Waals surface area contributed by atoms with Gasteiger partial charge < -0.3 is 0 Å². The quantitative estimate of drug-likeness (QED) is 0.494. The van der Waals surface area contributed by atoms with Crippen LogP contribution in [0.25, 0.3) is 0 Å². The zero-order chi connectivity index (χ0) is 7.71. The first-order valence-electron chi connectivity index (χ1n) is 2.58. The fourth-order valence-corrected chi connectivity index (χ4v) is 1.34. The largest absolute Gasteiger partial charge is 0.295 e. The van der Waals surface area contributed by atoms with E-state index in [-0.39, 0.29) is 0 Å². The van der Waals surface area contributed by atoms with E-state index in [2.05, 4.69) is 4.51 Å². The lowest BCUT2D eigenvalue weighted by Crippen LogP contribution is -2.27. The molecule has 0 amide bonds. The van der Waals surface area contributed by atoms with Crippen LogP contribution in [0.3, 0.4) is 0 Å². The lowest BCUT2D eigenvalue weighted by Gasteiger charge is -2.26. The predicted octanol–water partition coefficient (Wildman–Crippen LogP) is 3.03. The van der Waals surface area contributed by atoms with Crippen molar-refractivity contribution in [3.8, 4) is 0 Å². The average molecular weight is 248 g/mol. The first kappa shape index (κ1) is 9.46. The maximum atomic E-state index is 12.6. The minimum atomic E-state index is -2.52. The highest BCUT2D eigenvalue weighted by atomic mass is 127. The van der Waals surface area contributed by atoms with E-state index in [4.69, 9.17) is 0 Å². The molecule has 0 unspecified atom stereocenters. The number of hydrogen-bond acceptors (Lipinski definition) is 0. The highest BCUT2D eigenvalue weighted by Crippen LogP contribution is 2.43. The summed E-state index contributed by atoms with van der Waals surface area (Å²) in [5, 5.41) is 0. The predicted molar refractivity (Wildman–Crippen MR) is 45.5 cm³/mol. The van der Waals surface area contributed by atoms with Gasteiger partial charge in [0, 0.05) is 5.41 Å². The van der Waals surface area contributed by atoms with E-state index in [9.17, 15) is 8.78 Å². The summed E-state index contributed by atoms with van der Waals surface area (Å²) in [6, 6.07) is 0. The standard InChI is InChI=1S/C6H11F2I/c1-5(2,3)6(7,8)9-4/h4H2,1-3H3. The lowest BCUT2D eigenvalue weighted by atomic mass is 9.98. The minimum absolute atomic E-state index is 0.901. The van der Waals surface area contributed by atoms with Crippen molar-refractivity contribution in [2.75, 3.05) is 0 Å². The van der Waals surface area contributed by atoms with Crippen LogP contribution in [0.15, 0.2) is 0 Å². The van der Waals surface area contributed by atoms with Crippen LogP contribution in [0.4, 0.5) is 8.78 Å². The summed E-state index contributed by atoms with van der Waals surface area (Å²) in [4.78, 5) is 0. The Morgan fingerprint density at radius 2 is 1.56 bits per heavy atom. The van der Waals surface area contributed by atoms with E-state index in [0.717, 1.165) is 0 Å². The van der Waals surface area contributed by atoms with Crippen LogP contribution in [0.1, 0.15) is 20.8 Å². The molecule has 0 aromatic heterocycles. The Morgan fingerprint density at radius 3 is 1.56 bits per heavy atom. The summed E-state index contributed by atoms with van der Waals surface area (Å²) in [5.41, 5.74) is -0.901. The molecule has 0 rings (SSSR count). The molecule has 0 fully saturated rings. The van der Waals surface area contributed by atoms with Crippen molar-refractivity contribution in [1.82, 2.24) is 0 Å². The van der Waals surface area contributed by atoms with Crippen molar-refractivity contribution in [2.45, 2.75) is 24.7 Å². The molecular weight excluding hydrogens is 237 g/mol. The molecule has 0 spiro atoms. The van der Waals surface area contributed by atoms with Gasteiger partial charge in [0.1, 0.15) is 0 Å². The smallest absolute Gasteiger partial charge is 0.195 e. The first-order valence-corrected chi connectivity index (χ1v) is 5.19. The molecule has 0 aliphatic carbocycles. The van der Waals surface area contributed by atoms with E-state index >= 15 is 0 Å². The summed E-state index contributed by atoms with van der Waals surface area (Å²) in [6.45, 7) is 4.62. The van der Waals surface area contributed by atoms with Gasteiger partial charge in [-0.3, -0.25) is 0 Å². The van der Waals surface area contributed by atoms with Gasteiger partial charge in [0.05, 0.1) is 0 Å². The van der Waals surface area contributed by atoms with E-state index in [1.807, 2.05) is 0 Å². The zero-order valence-electron chi connectivity index (χ0n) is 5.84. The summed E-state index contributed by atoms with van der Waals surface area (Å²) in [5.74, 6) is 0. The van der Waals surface area contributed by atoms with E-state index in [1.165, 1.54) is 20.8 Å². The molecule has 0 aromatic carbocycles. The molecule has 0 bridgehead atoms. The van der Waals surface area contributed by atoms with Crippen molar-refractivity contribution in [2.24, 2.45) is 5.41 Å². The number of alkyl halides is 3. The van der Waals surface area contributed by atoms with Gasteiger partial charge in [-0.2, -0.15) is 8.78 Å². The van der Waals surface area contributed by atoms with Crippen LogP contribution >= 0.6 is 20.7 Å². The van der Waals surface area contributed by atoms with Crippen LogP contribution in [0, 0.1) is 5.41 Å². The second-order valence-electron chi connectivity index (χ2n) is 2.88. The van der Waals surface area contributed by atoms with Crippen LogP contribution in [0.2, 0.25) is 0 Å². The molecule has 0 N–H and O–H groups in total. The average Bonchev–Trinajstić information content (AvgIpc) is 1.64. The van der Waals surface area contributed by atoms with Crippen molar-refractivity contribution in [1.29, 1.82) is 0 Å². The molecule has 0 saturated heterocycles. The number of hydrogen-bond donors (Lipinski definition) is 0. The molecule has 0 nitrogen and oxygen atoms in total. The molecule has 0 aliphatic heterocycles. The second kappa shape index (κ2) is 2.60. The molecule has 0 saturated carbocycles. The fourth-order valence-electron chi connectivity index (χ4n) is 0.200. The summed E-state index contributed by atoms with van der Waals surface area (Å²) in [7, 11) is 0. The molecule has 9 heavy (non-hydrogen) atoms. The summed E-state index contributed by atoms with van der Waals surface area (Å²) >= 11 is -1.21. The van der Waals surface area contributed by atoms with Gasteiger partial charge in [0.25, 0.3) is 3.93 Å². The molecule has 0 aromatic rings. The van der Waals surface area contributed by atoms with Crippen LogP contribution in [0.5, 0.6) is 0 Å². The second-order valence-corrected chi connectivity index (χ2v) is 5.00. The van der Waals surface area contributed by atoms with Gasteiger partial charge in [-0.05, 0) is 0 Å². The number of halogens is 3. The van der Waals surface area contributed by atoms with Crippen LogP contribution in [-0.4, -0.2) is 8.44 Å². The van der Waals surface area contributed by atoms with Gasteiger partial charge in [-0.15, -0.1) is 0 Å². The Morgan fingerprint density at radius 1 is 1.22 bits per heavy atom. The van der Waals surface area contributed by atoms with Gasteiger partial charge in [-0.1, -0.05) is 46.0 Å². The van der Waals surface area contributed by atoms with E-state index in [0.29, 0.717) is 0 Å². The Balaban J connectivity index is 4.32. The third kappa shape index (κ3) is 2.27. The maximum Gasteiger partial charge on any atom is 0.295 e. The molecular formula is C6H11F2I. The summed E-state index contributed by atoms with van der Waals surface area (Å²) in [6.07, 6.45) is 0. The Bertz CT molecular complexity index is 113. The van der Waals surface area contributed by atoms with Crippen molar-refractivity contribution in [3.05, 3.63) is 0 Å². The fraction of sp³-hybridized carbons (Fsp3) is 0.833. The van der Waals surface area contributed by atoms with E-state index in [1.54, 1.807) is 0 Å². The molecule has 0 heterocycles. The molecule has 3 heteroatoms. The molecule has 0 aliphatic rings. The molecule has 0 atom stereocenters. The van der Waals surface area contributed by atoms with Crippen molar-refractivity contribution in [3.63, 3.8) is 0 Å². The Hall–Kier alpha value is 0.460. The molecule has 0 radical (unpaired) electrons. The third-order valence-electron chi connectivity index (χ3n) is 1.02.